The van der Waals surface area contributed by atoms with E-state index < -0.39 is 0 Å². The highest BCUT2D eigenvalue weighted by Crippen LogP contribution is 2.50. The number of hydrogen-bond donors (Lipinski definition) is 1. The zero-order valence-electron chi connectivity index (χ0n) is 17.2. The summed E-state index contributed by atoms with van der Waals surface area (Å²) in [5.41, 5.74) is 1.65. The number of aryl methyl sites for hydroxylation is 2. The third-order valence-electron chi connectivity index (χ3n) is 6.43. The lowest BCUT2D eigenvalue weighted by atomic mass is 9.80. The molecule has 30 heavy (non-hydrogen) atoms. The molecule has 5 rings (SSSR count). The van der Waals surface area contributed by atoms with Gasteiger partial charge in [0.2, 0.25) is 11.7 Å². The summed E-state index contributed by atoms with van der Waals surface area (Å²) < 4.78 is 10.9. The summed E-state index contributed by atoms with van der Waals surface area (Å²) in [6.07, 6.45) is 2.94. The Bertz CT molecular complexity index is 1050. The van der Waals surface area contributed by atoms with Gasteiger partial charge in [-0.25, -0.2) is 4.98 Å². The van der Waals surface area contributed by atoms with Crippen molar-refractivity contribution in [2.75, 3.05) is 13.1 Å². The molecular weight excluding hydrogens is 382 g/mol. The second kappa shape index (κ2) is 7.36. The van der Waals surface area contributed by atoms with E-state index in [1.54, 1.807) is 6.92 Å². The Labute approximate surface area is 174 Å². The Balaban J connectivity index is 1.36. The number of amides is 1. The van der Waals surface area contributed by atoms with Crippen LogP contribution in [0.25, 0.3) is 0 Å². The van der Waals surface area contributed by atoms with Crippen LogP contribution in [0.1, 0.15) is 46.4 Å². The Kier molecular flexibility index (Phi) is 4.66. The maximum absolute atomic E-state index is 12.6. The van der Waals surface area contributed by atoms with Gasteiger partial charge in [-0.1, -0.05) is 35.5 Å². The van der Waals surface area contributed by atoms with Crippen molar-refractivity contribution < 1.29 is 13.7 Å². The normalized spacial score (nSPS) is 26.1. The molecule has 3 unspecified atom stereocenters. The number of aromatic nitrogens is 3. The molecule has 2 aromatic heterocycles. The van der Waals surface area contributed by atoms with Gasteiger partial charge in [0.05, 0.1) is 11.1 Å². The van der Waals surface area contributed by atoms with Crippen molar-refractivity contribution in [3.63, 3.8) is 0 Å². The molecule has 2 aliphatic rings. The van der Waals surface area contributed by atoms with E-state index in [2.05, 4.69) is 49.6 Å². The third-order valence-corrected chi connectivity index (χ3v) is 6.43. The largest absolute Gasteiger partial charge is 0.438 e. The van der Waals surface area contributed by atoms with Crippen LogP contribution in [0.5, 0.6) is 0 Å². The molecule has 8 heteroatoms. The van der Waals surface area contributed by atoms with Crippen LogP contribution in [0.15, 0.2) is 45.7 Å². The van der Waals surface area contributed by atoms with Gasteiger partial charge in [0.15, 0.2) is 12.2 Å². The van der Waals surface area contributed by atoms with Crippen LogP contribution in [0.2, 0.25) is 0 Å². The van der Waals surface area contributed by atoms with Crippen molar-refractivity contribution in [2.45, 2.75) is 44.7 Å². The molecule has 2 fully saturated rings. The number of likely N-dealkylation sites (tertiary alicyclic amines) is 1. The molecule has 1 saturated heterocycles. The van der Waals surface area contributed by atoms with Gasteiger partial charge in [-0.15, -0.1) is 0 Å². The summed E-state index contributed by atoms with van der Waals surface area (Å²) in [6.45, 7) is 6.27. The number of carbonyl (C=O) groups excluding carboxylic acids is 1. The number of carbonyl (C=O) groups is 1. The number of rotatable bonds is 5. The molecule has 1 aliphatic carbocycles. The second-order valence-corrected chi connectivity index (χ2v) is 8.53. The maximum atomic E-state index is 12.6. The third kappa shape index (κ3) is 3.31. The minimum Gasteiger partial charge on any atom is -0.438 e. The first-order chi connectivity index (χ1) is 14.5. The fraction of sp³-hybridized carbons (Fsp3) is 0.455. The Hall–Kier alpha value is -3.00. The Morgan fingerprint density at radius 1 is 1.30 bits per heavy atom. The predicted molar refractivity (Wildman–Crippen MR) is 108 cm³/mol. The van der Waals surface area contributed by atoms with Crippen molar-refractivity contribution in [1.82, 2.24) is 25.3 Å². The molecule has 3 aromatic rings. The zero-order valence-corrected chi connectivity index (χ0v) is 17.2. The van der Waals surface area contributed by atoms with Crippen LogP contribution < -0.4 is 5.32 Å². The number of nitrogens with zero attached hydrogens (tertiary/aromatic N) is 4. The lowest BCUT2D eigenvalue weighted by molar-refractivity contribution is 0.0905. The van der Waals surface area contributed by atoms with Gasteiger partial charge in [0.1, 0.15) is 0 Å². The first kappa shape index (κ1) is 19.0. The monoisotopic (exact) mass is 407 g/mol. The van der Waals surface area contributed by atoms with Gasteiger partial charge in [0.25, 0.3) is 5.91 Å². The topological polar surface area (TPSA) is 97.3 Å². The maximum Gasteiger partial charge on any atom is 0.289 e. The average molecular weight is 407 g/mol. The Morgan fingerprint density at radius 2 is 2.13 bits per heavy atom. The van der Waals surface area contributed by atoms with E-state index in [0.29, 0.717) is 23.3 Å². The summed E-state index contributed by atoms with van der Waals surface area (Å²) in [5, 5.41) is 7.18. The van der Waals surface area contributed by atoms with Crippen LogP contribution in [0.4, 0.5) is 0 Å². The molecule has 1 N–H and O–H groups in total. The highest BCUT2D eigenvalue weighted by atomic mass is 16.5. The van der Waals surface area contributed by atoms with Gasteiger partial charge >= 0.3 is 0 Å². The SMILES string of the molecule is Cc1noc(C23CC(NC(=O)c4ocnc4C)CC2CN(Cc2ccccc2)C3)n1. The molecule has 0 radical (unpaired) electrons. The summed E-state index contributed by atoms with van der Waals surface area (Å²) in [7, 11) is 0. The van der Waals surface area contributed by atoms with E-state index in [-0.39, 0.29) is 23.1 Å². The molecular formula is C22H25N5O3. The summed E-state index contributed by atoms with van der Waals surface area (Å²) in [6, 6.07) is 10.5. The Morgan fingerprint density at radius 3 is 2.83 bits per heavy atom. The zero-order chi connectivity index (χ0) is 20.7. The highest BCUT2D eigenvalue weighted by Gasteiger charge is 2.57. The smallest absolute Gasteiger partial charge is 0.289 e. The lowest BCUT2D eigenvalue weighted by Gasteiger charge is -2.25. The quantitative estimate of drug-likeness (QED) is 0.694. The predicted octanol–water partition coefficient (Wildman–Crippen LogP) is 2.64. The molecule has 3 heterocycles. The number of nitrogens with one attached hydrogen (secondary N) is 1. The van der Waals surface area contributed by atoms with E-state index in [1.807, 2.05) is 13.0 Å². The van der Waals surface area contributed by atoms with E-state index >= 15 is 0 Å². The summed E-state index contributed by atoms with van der Waals surface area (Å²) >= 11 is 0. The van der Waals surface area contributed by atoms with Crippen molar-refractivity contribution in [1.29, 1.82) is 0 Å². The van der Waals surface area contributed by atoms with Crippen molar-refractivity contribution in [3.05, 3.63) is 65.5 Å². The lowest BCUT2D eigenvalue weighted by Crippen LogP contribution is -2.38. The molecule has 1 amide bonds. The van der Waals surface area contributed by atoms with Gasteiger partial charge in [-0.3, -0.25) is 9.69 Å². The first-order valence-corrected chi connectivity index (χ1v) is 10.3. The summed E-state index contributed by atoms with van der Waals surface area (Å²) in [5.74, 6) is 1.73. The van der Waals surface area contributed by atoms with Gasteiger partial charge in [-0.05, 0) is 38.2 Å². The fourth-order valence-electron chi connectivity index (χ4n) is 5.15. The standard InChI is InChI=1S/C22H25N5O3/c1-14-19(29-13-23-14)20(28)25-18-8-17-11-27(10-16-6-4-3-5-7-16)12-22(17,9-18)21-24-15(2)26-30-21/h3-7,13,17-18H,8-12H2,1-2H3,(H,25,28). The molecule has 0 bridgehead atoms. The van der Waals surface area contributed by atoms with Crippen LogP contribution in [0, 0.1) is 19.8 Å². The van der Waals surface area contributed by atoms with Crippen LogP contribution in [-0.4, -0.2) is 45.1 Å². The molecule has 1 aliphatic heterocycles. The van der Waals surface area contributed by atoms with Crippen LogP contribution >= 0.6 is 0 Å². The van der Waals surface area contributed by atoms with Gasteiger partial charge in [-0.2, -0.15) is 4.98 Å². The van der Waals surface area contributed by atoms with Gasteiger partial charge < -0.3 is 14.3 Å². The number of fused-ring (bicyclic) bond motifs is 1. The molecule has 0 spiro atoms. The minimum absolute atomic E-state index is 0.0260. The molecule has 156 valence electrons. The number of benzene rings is 1. The van der Waals surface area contributed by atoms with Gasteiger partial charge in [0, 0.05) is 25.7 Å². The van der Waals surface area contributed by atoms with E-state index in [9.17, 15) is 4.79 Å². The highest BCUT2D eigenvalue weighted by molar-refractivity contribution is 5.92. The number of hydrogen-bond acceptors (Lipinski definition) is 7. The van der Waals surface area contributed by atoms with E-state index in [4.69, 9.17) is 8.94 Å². The van der Waals surface area contributed by atoms with E-state index in [1.165, 1.54) is 12.0 Å². The average Bonchev–Trinajstić information content (AvgIpc) is 3.46. The molecule has 8 nitrogen and oxygen atoms in total. The van der Waals surface area contributed by atoms with Crippen LogP contribution in [0.3, 0.4) is 0 Å². The summed E-state index contributed by atoms with van der Waals surface area (Å²) in [4.78, 5) is 23.7. The minimum atomic E-state index is -0.246. The number of oxazole rings is 1. The van der Waals surface area contributed by atoms with Crippen molar-refractivity contribution in [3.8, 4) is 0 Å². The van der Waals surface area contributed by atoms with E-state index in [0.717, 1.165) is 32.5 Å². The fourth-order valence-corrected chi connectivity index (χ4v) is 5.15. The molecule has 1 saturated carbocycles. The second-order valence-electron chi connectivity index (χ2n) is 8.53. The molecule has 1 aromatic carbocycles. The first-order valence-electron chi connectivity index (χ1n) is 10.3. The van der Waals surface area contributed by atoms with Crippen molar-refractivity contribution in [2.24, 2.45) is 5.92 Å². The van der Waals surface area contributed by atoms with Crippen LogP contribution in [-0.2, 0) is 12.0 Å². The molecule has 3 atom stereocenters. The van der Waals surface area contributed by atoms with Crippen molar-refractivity contribution >= 4 is 5.91 Å².